The van der Waals surface area contributed by atoms with Crippen molar-refractivity contribution >= 4 is 46.6 Å². The number of methoxy groups -OCH3 is 1. The van der Waals surface area contributed by atoms with Crippen molar-refractivity contribution in [2.45, 2.75) is 19.4 Å². The van der Waals surface area contributed by atoms with Crippen molar-refractivity contribution in [2.75, 3.05) is 7.11 Å². The molecule has 0 saturated heterocycles. The highest BCUT2D eigenvalue weighted by Crippen LogP contribution is 2.31. The van der Waals surface area contributed by atoms with Crippen LogP contribution in [0.1, 0.15) is 30.5 Å². The van der Waals surface area contributed by atoms with Gasteiger partial charge < -0.3 is 4.74 Å². The molecule has 2 heterocycles. The lowest BCUT2D eigenvalue weighted by atomic mass is 9.95. The van der Waals surface area contributed by atoms with E-state index in [-0.39, 0.29) is 5.56 Å². The molecule has 0 unspecified atom stereocenters. The first kappa shape index (κ1) is 21.6. The third-order valence-corrected chi connectivity index (χ3v) is 6.68. The van der Waals surface area contributed by atoms with Crippen LogP contribution in [0.3, 0.4) is 0 Å². The number of nitrogens with zero attached hydrogens (tertiary/aromatic N) is 2. The quantitative estimate of drug-likeness (QED) is 0.536. The minimum absolute atomic E-state index is 0.273. The third-order valence-electron chi connectivity index (χ3n) is 5.04. The summed E-state index contributed by atoms with van der Waals surface area (Å²) in [7, 11) is 1.33. The molecule has 0 aliphatic carbocycles. The van der Waals surface area contributed by atoms with Crippen LogP contribution < -0.4 is 14.9 Å². The van der Waals surface area contributed by atoms with Crippen molar-refractivity contribution in [1.29, 1.82) is 0 Å². The fourth-order valence-electron chi connectivity index (χ4n) is 3.59. The molecule has 1 aliphatic heterocycles. The molecule has 0 radical (unpaired) electrons. The molecule has 3 aromatic rings. The first-order valence-corrected chi connectivity index (χ1v) is 11.2. The minimum atomic E-state index is -0.635. The maximum Gasteiger partial charge on any atom is 0.338 e. The molecule has 0 saturated carbocycles. The number of hydrogen-bond donors (Lipinski definition) is 0. The van der Waals surface area contributed by atoms with E-state index in [0.29, 0.717) is 42.6 Å². The molecule has 8 heteroatoms. The molecule has 0 N–H and O–H groups in total. The fourth-order valence-corrected chi connectivity index (χ4v) is 5.10. The maximum atomic E-state index is 13.5. The van der Waals surface area contributed by atoms with Crippen molar-refractivity contribution in [3.8, 4) is 0 Å². The Labute approximate surface area is 192 Å². The van der Waals surface area contributed by atoms with E-state index < -0.39 is 12.0 Å². The van der Waals surface area contributed by atoms with E-state index in [1.807, 2.05) is 37.3 Å². The number of benzene rings is 2. The van der Waals surface area contributed by atoms with Crippen LogP contribution in [0.2, 0.25) is 10.0 Å². The highest BCUT2D eigenvalue weighted by atomic mass is 35.5. The number of carbonyl (C=O) groups excluding carboxylic acids is 1. The molecule has 31 heavy (non-hydrogen) atoms. The topological polar surface area (TPSA) is 60.7 Å². The number of aromatic nitrogens is 1. The Morgan fingerprint density at radius 2 is 1.84 bits per heavy atom. The van der Waals surface area contributed by atoms with Crippen LogP contribution in [0, 0.1) is 0 Å². The van der Waals surface area contributed by atoms with E-state index >= 15 is 0 Å². The van der Waals surface area contributed by atoms with Gasteiger partial charge >= 0.3 is 5.97 Å². The lowest BCUT2D eigenvalue weighted by molar-refractivity contribution is -0.136. The predicted molar refractivity (Wildman–Crippen MR) is 123 cm³/mol. The number of fused-ring (bicyclic) bond motifs is 1. The average Bonchev–Trinajstić information content (AvgIpc) is 3.10. The predicted octanol–water partition coefficient (Wildman–Crippen LogP) is 4.11. The van der Waals surface area contributed by atoms with E-state index in [2.05, 4.69) is 4.99 Å². The molecule has 1 aromatic heterocycles. The fraction of sp³-hybridized carbons (Fsp3) is 0.174. The second-order valence-electron chi connectivity index (χ2n) is 6.83. The summed E-state index contributed by atoms with van der Waals surface area (Å²) < 4.78 is 7.02. The van der Waals surface area contributed by atoms with Crippen molar-refractivity contribution < 1.29 is 9.53 Å². The monoisotopic (exact) mass is 472 g/mol. The number of carbonyl (C=O) groups is 1. The Morgan fingerprint density at radius 1 is 1.16 bits per heavy atom. The van der Waals surface area contributed by atoms with E-state index in [4.69, 9.17) is 27.9 Å². The van der Waals surface area contributed by atoms with Crippen molar-refractivity contribution in [2.24, 2.45) is 4.99 Å². The zero-order valence-corrected chi connectivity index (χ0v) is 19.1. The van der Waals surface area contributed by atoms with Crippen molar-refractivity contribution in [3.05, 3.63) is 101 Å². The first-order valence-electron chi connectivity index (χ1n) is 9.58. The minimum Gasteiger partial charge on any atom is -0.466 e. The number of hydrogen-bond acceptors (Lipinski definition) is 5. The SMILES string of the molecule is CCC1=C(C(=O)OC)[C@@H](c2ccccc2)n2c(s/c(=C/c3c(Cl)cccc3Cl)c2=O)=N1. The van der Waals surface area contributed by atoms with E-state index in [0.717, 1.165) is 5.56 Å². The van der Waals surface area contributed by atoms with Crippen molar-refractivity contribution in [1.82, 2.24) is 4.57 Å². The lowest BCUT2D eigenvalue weighted by Gasteiger charge is -2.25. The van der Waals surface area contributed by atoms with Crippen molar-refractivity contribution in [3.63, 3.8) is 0 Å². The third kappa shape index (κ3) is 3.87. The Morgan fingerprint density at radius 3 is 2.45 bits per heavy atom. The van der Waals surface area contributed by atoms with Crippen LogP contribution in [-0.2, 0) is 9.53 Å². The van der Waals surface area contributed by atoms with Gasteiger partial charge in [-0.25, -0.2) is 9.79 Å². The molecule has 0 fully saturated rings. The smallest absolute Gasteiger partial charge is 0.338 e. The van der Waals surface area contributed by atoms with Crippen LogP contribution in [0.4, 0.5) is 0 Å². The van der Waals surface area contributed by atoms with Gasteiger partial charge in [0.15, 0.2) is 4.80 Å². The van der Waals surface area contributed by atoms with Crippen LogP contribution in [0.25, 0.3) is 6.08 Å². The van der Waals surface area contributed by atoms with Gasteiger partial charge in [-0.05, 0) is 30.2 Å². The molecule has 158 valence electrons. The van der Waals surface area contributed by atoms with E-state index in [1.165, 1.54) is 18.4 Å². The summed E-state index contributed by atoms with van der Waals surface area (Å²) in [5, 5.41) is 0.893. The molecular weight excluding hydrogens is 455 g/mol. The summed E-state index contributed by atoms with van der Waals surface area (Å²) in [5.74, 6) is -0.502. The van der Waals surface area contributed by atoms with Gasteiger partial charge in [0.1, 0.15) is 0 Å². The number of halogens is 2. The van der Waals surface area contributed by atoms with Gasteiger partial charge in [-0.15, -0.1) is 0 Å². The number of esters is 1. The first-order chi connectivity index (χ1) is 15.0. The summed E-state index contributed by atoms with van der Waals surface area (Å²) in [6.07, 6.45) is 2.19. The van der Waals surface area contributed by atoms with Gasteiger partial charge in [0, 0.05) is 15.6 Å². The van der Waals surface area contributed by atoms with Crippen LogP contribution in [0.15, 0.2) is 69.6 Å². The number of ether oxygens (including phenoxy) is 1. The van der Waals surface area contributed by atoms with Gasteiger partial charge in [0.2, 0.25) is 0 Å². The summed E-state index contributed by atoms with van der Waals surface area (Å²) in [6, 6.07) is 13.9. The zero-order chi connectivity index (χ0) is 22.1. The number of thiazole rings is 1. The molecule has 4 rings (SSSR count). The highest BCUT2D eigenvalue weighted by Gasteiger charge is 2.33. The molecule has 5 nitrogen and oxygen atoms in total. The van der Waals surface area contributed by atoms with Gasteiger partial charge in [-0.3, -0.25) is 9.36 Å². The Balaban J connectivity index is 2.04. The molecule has 0 amide bonds. The van der Waals surface area contributed by atoms with E-state index in [1.54, 1.807) is 28.8 Å². The van der Waals surface area contributed by atoms with Gasteiger partial charge in [0.05, 0.1) is 29.0 Å². The Kier molecular flexibility index (Phi) is 6.14. The lowest BCUT2D eigenvalue weighted by Crippen LogP contribution is -2.40. The molecule has 2 aromatic carbocycles. The molecule has 1 aliphatic rings. The summed E-state index contributed by atoms with van der Waals surface area (Å²) in [4.78, 5) is 31.4. The average molecular weight is 473 g/mol. The van der Waals surface area contributed by atoms with Crippen LogP contribution in [0.5, 0.6) is 0 Å². The molecule has 1 atom stereocenters. The second-order valence-corrected chi connectivity index (χ2v) is 8.66. The normalized spacial score (nSPS) is 16.1. The molecular formula is C23H18Cl2N2O3S. The number of allylic oxidation sites excluding steroid dienone is 1. The van der Waals surface area contributed by atoms with Crippen LogP contribution in [-0.4, -0.2) is 17.6 Å². The van der Waals surface area contributed by atoms with Gasteiger partial charge in [-0.2, -0.15) is 0 Å². The maximum absolute atomic E-state index is 13.5. The molecule has 0 bridgehead atoms. The standard InChI is InChI=1S/C23H18Cl2N2O3S/c1-3-17-19(22(29)30-2)20(13-8-5-4-6-9-13)27-21(28)18(31-23(27)26-17)12-14-15(24)10-7-11-16(14)25/h4-12,20H,3H2,1-2H3/b18-12+/t20-/m1/s1. The molecule has 0 spiro atoms. The van der Waals surface area contributed by atoms with Gasteiger partial charge in [0.25, 0.3) is 5.56 Å². The summed E-state index contributed by atoms with van der Waals surface area (Å²) in [6.45, 7) is 1.92. The zero-order valence-electron chi connectivity index (χ0n) is 16.8. The second kappa shape index (κ2) is 8.83. The van der Waals surface area contributed by atoms with E-state index in [9.17, 15) is 9.59 Å². The highest BCUT2D eigenvalue weighted by molar-refractivity contribution is 7.07. The number of rotatable bonds is 4. The van der Waals surface area contributed by atoms with Gasteiger partial charge in [-0.1, -0.05) is 77.9 Å². The summed E-state index contributed by atoms with van der Waals surface area (Å²) in [5.41, 5.74) is 2.06. The summed E-state index contributed by atoms with van der Waals surface area (Å²) >= 11 is 13.8. The Hall–Kier alpha value is -2.67. The largest absolute Gasteiger partial charge is 0.466 e. The van der Waals surface area contributed by atoms with Crippen LogP contribution >= 0.6 is 34.5 Å². The Bertz CT molecular complexity index is 1350.